The molecule has 1 aliphatic heterocycles. The van der Waals surface area contributed by atoms with Crippen molar-refractivity contribution >= 4 is 27.9 Å². The van der Waals surface area contributed by atoms with Gasteiger partial charge in [0.1, 0.15) is 11.2 Å². The molecule has 0 amide bonds. The maximum absolute atomic E-state index is 13.7. The third kappa shape index (κ3) is 3.06. The Balaban J connectivity index is 2.10. The monoisotopic (exact) mass is 462 g/mol. The van der Waals surface area contributed by atoms with Gasteiger partial charge in [-0.05, 0) is 29.3 Å². The molecule has 150 valence electrons. The van der Waals surface area contributed by atoms with E-state index < -0.39 is 23.3 Å². The Kier molecular flexibility index (Phi) is 5.31. The lowest BCUT2D eigenvalue weighted by atomic mass is 9.62. The fraction of sp³-hybridized carbons (Fsp3) is 0.120. The molecule has 3 aromatic rings. The SMILES string of the molecule is C=C(C(=O)OC)C(c1ccccc1)C1(c2ccccc2)C(=O)Oc2ccc(Br)cc21. The van der Waals surface area contributed by atoms with Crippen molar-refractivity contribution in [2.24, 2.45) is 0 Å². The van der Waals surface area contributed by atoms with Crippen LogP contribution in [0.4, 0.5) is 0 Å². The second-order valence-electron chi connectivity index (χ2n) is 7.06. The minimum absolute atomic E-state index is 0.178. The second-order valence-corrected chi connectivity index (χ2v) is 7.98. The molecule has 0 saturated heterocycles. The maximum atomic E-state index is 13.7. The van der Waals surface area contributed by atoms with Gasteiger partial charge in [0.15, 0.2) is 0 Å². The van der Waals surface area contributed by atoms with Gasteiger partial charge < -0.3 is 9.47 Å². The molecule has 1 aliphatic rings. The van der Waals surface area contributed by atoms with Crippen LogP contribution in [-0.2, 0) is 19.7 Å². The fourth-order valence-electron chi connectivity index (χ4n) is 4.21. The van der Waals surface area contributed by atoms with Crippen LogP contribution in [0, 0.1) is 0 Å². The summed E-state index contributed by atoms with van der Waals surface area (Å²) in [6.07, 6.45) is 0. The van der Waals surface area contributed by atoms with Crippen molar-refractivity contribution in [1.82, 2.24) is 0 Å². The van der Waals surface area contributed by atoms with Crippen LogP contribution in [0.25, 0.3) is 0 Å². The molecule has 2 unspecified atom stereocenters. The van der Waals surface area contributed by atoms with Crippen LogP contribution in [0.3, 0.4) is 0 Å². The van der Waals surface area contributed by atoms with E-state index in [4.69, 9.17) is 9.47 Å². The summed E-state index contributed by atoms with van der Waals surface area (Å²) in [6.45, 7) is 4.05. The van der Waals surface area contributed by atoms with E-state index in [1.54, 1.807) is 6.07 Å². The van der Waals surface area contributed by atoms with E-state index in [0.29, 0.717) is 16.9 Å². The summed E-state index contributed by atoms with van der Waals surface area (Å²) >= 11 is 3.51. The van der Waals surface area contributed by atoms with Gasteiger partial charge in [-0.1, -0.05) is 83.2 Å². The van der Waals surface area contributed by atoms with E-state index in [0.717, 1.165) is 10.0 Å². The number of ether oxygens (including phenoxy) is 2. The van der Waals surface area contributed by atoms with Gasteiger partial charge in [0.2, 0.25) is 0 Å². The molecule has 0 saturated carbocycles. The van der Waals surface area contributed by atoms with Crippen molar-refractivity contribution < 1.29 is 19.1 Å². The van der Waals surface area contributed by atoms with Crippen molar-refractivity contribution in [2.75, 3.05) is 7.11 Å². The molecule has 3 aromatic carbocycles. The van der Waals surface area contributed by atoms with E-state index in [9.17, 15) is 9.59 Å². The predicted octanol–water partition coefficient (Wildman–Crippen LogP) is 5.17. The summed E-state index contributed by atoms with van der Waals surface area (Å²) in [6, 6.07) is 24.2. The van der Waals surface area contributed by atoms with Gasteiger partial charge in [-0.3, -0.25) is 4.79 Å². The average Bonchev–Trinajstić information content (AvgIpc) is 3.06. The highest BCUT2D eigenvalue weighted by Crippen LogP contribution is 2.55. The molecule has 5 heteroatoms. The van der Waals surface area contributed by atoms with Gasteiger partial charge in [-0.25, -0.2) is 4.79 Å². The van der Waals surface area contributed by atoms with Crippen molar-refractivity contribution in [3.05, 3.63) is 112 Å². The van der Waals surface area contributed by atoms with Gasteiger partial charge in [-0.15, -0.1) is 0 Å². The molecule has 0 spiro atoms. The molecule has 0 aliphatic carbocycles. The zero-order valence-corrected chi connectivity index (χ0v) is 17.9. The Morgan fingerprint density at radius 1 is 1.03 bits per heavy atom. The third-order valence-electron chi connectivity index (χ3n) is 5.48. The van der Waals surface area contributed by atoms with Gasteiger partial charge in [0.25, 0.3) is 0 Å². The van der Waals surface area contributed by atoms with Gasteiger partial charge >= 0.3 is 11.9 Å². The molecule has 0 bridgehead atoms. The Hall–Kier alpha value is -3.18. The summed E-state index contributed by atoms with van der Waals surface area (Å²) < 4.78 is 11.5. The first-order chi connectivity index (χ1) is 14.5. The summed E-state index contributed by atoms with van der Waals surface area (Å²) in [5, 5.41) is 0. The summed E-state index contributed by atoms with van der Waals surface area (Å²) in [5.74, 6) is -1.29. The normalized spacial score (nSPS) is 18.3. The van der Waals surface area contributed by atoms with Crippen LogP contribution < -0.4 is 4.74 Å². The quantitative estimate of drug-likeness (QED) is 0.298. The molecular weight excluding hydrogens is 444 g/mol. The molecule has 4 rings (SSSR count). The van der Waals surface area contributed by atoms with Crippen molar-refractivity contribution in [3.8, 4) is 5.75 Å². The summed E-state index contributed by atoms with van der Waals surface area (Å²) in [4.78, 5) is 26.3. The lowest BCUT2D eigenvalue weighted by molar-refractivity contribution is -0.138. The first-order valence-corrected chi connectivity index (χ1v) is 10.2. The van der Waals surface area contributed by atoms with Gasteiger partial charge in [0.05, 0.1) is 7.11 Å². The smallest absolute Gasteiger partial charge is 0.333 e. The standard InChI is InChI=1S/C25H19BrO4/c1-16(23(27)29-2)22(17-9-5-3-6-10-17)25(18-11-7-4-8-12-18)20-15-19(26)13-14-21(20)30-24(25)28/h3-15,22H,1H2,2H3. The lowest BCUT2D eigenvalue weighted by Gasteiger charge is -2.36. The van der Waals surface area contributed by atoms with E-state index in [2.05, 4.69) is 22.5 Å². The molecular formula is C25H19BrO4. The highest BCUT2D eigenvalue weighted by atomic mass is 79.9. The average molecular weight is 463 g/mol. The van der Waals surface area contributed by atoms with Crippen molar-refractivity contribution in [1.29, 1.82) is 0 Å². The molecule has 1 heterocycles. The van der Waals surface area contributed by atoms with E-state index >= 15 is 0 Å². The maximum Gasteiger partial charge on any atom is 0.333 e. The van der Waals surface area contributed by atoms with Gasteiger partial charge in [0, 0.05) is 21.5 Å². The number of rotatable bonds is 5. The highest BCUT2D eigenvalue weighted by Gasteiger charge is 2.58. The Morgan fingerprint density at radius 3 is 2.30 bits per heavy atom. The van der Waals surface area contributed by atoms with E-state index in [1.807, 2.05) is 72.8 Å². The Morgan fingerprint density at radius 2 is 1.67 bits per heavy atom. The molecule has 0 aromatic heterocycles. The van der Waals surface area contributed by atoms with E-state index in [-0.39, 0.29) is 5.57 Å². The van der Waals surface area contributed by atoms with Crippen LogP contribution in [0.2, 0.25) is 0 Å². The van der Waals surface area contributed by atoms with E-state index in [1.165, 1.54) is 7.11 Å². The number of hydrogen-bond acceptors (Lipinski definition) is 4. The number of methoxy groups -OCH3 is 1. The Labute approximate surface area is 183 Å². The van der Waals surface area contributed by atoms with Gasteiger partial charge in [-0.2, -0.15) is 0 Å². The van der Waals surface area contributed by atoms with Crippen LogP contribution >= 0.6 is 15.9 Å². The minimum Gasteiger partial charge on any atom is -0.466 e. The van der Waals surface area contributed by atoms with Crippen LogP contribution in [0.5, 0.6) is 5.75 Å². The highest BCUT2D eigenvalue weighted by molar-refractivity contribution is 9.10. The number of fused-ring (bicyclic) bond motifs is 1. The number of carbonyl (C=O) groups is 2. The second kappa shape index (κ2) is 7.92. The zero-order valence-electron chi connectivity index (χ0n) is 16.3. The number of esters is 2. The first-order valence-electron chi connectivity index (χ1n) is 9.40. The summed E-state index contributed by atoms with van der Waals surface area (Å²) in [5.41, 5.74) is 1.03. The van der Waals surface area contributed by atoms with Crippen LogP contribution in [0.1, 0.15) is 22.6 Å². The number of carbonyl (C=O) groups excluding carboxylic acids is 2. The lowest BCUT2D eigenvalue weighted by Crippen LogP contribution is -2.43. The first kappa shape index (κ1) is 20.1. The number of benzene rings is 3. The molecule has 2 atom stereocenters. The zero-order chi connectivity index (χ0) is 21.3. The predicted molar refractivity (Wildman–Crippen MR) is 117 cm³/mol. The number of halogens is 1. The molecule has 4 nitrogen and oxygen atoms in total. The van der Waals surface area contributed by atoms with Crippen molar-refractivity contribution in [3.63, 3.8) is 0 Å². The molecule has 0 fully saturated rings. The number of hydrogen-bond donors (Lipinski definition) is 0. The topological polar surface area (TPSA) is 52.6 Å². The largest absolute Gasteiger partial charge is 0.466 e. The molecule has 30 heavy (non-hydrogen) atoms. The van der Waals surface area contributed by atoms with Crippen LogP contribution in [-0.4, -0.2) is 19.0 Å². The molecule has 0 radical (unpaired) electrons. The fourth-order valence-corrected chi connectivity index (χ4v) is 4.57. The van der Waals surface area contributed by atoms with Crippen molar-refractivity contribution in [2.45, 2.75) is 11.3 Å². The summed E-state index contributed by atoms with van der Waals surface area (Å²) in [7, 11) is 1.31. The Bertz CT molecular complexity index is 1120. The third-order valence-corrected chi connectivity index (χ3v) is 5.98. The molecule has 0 N–H and O–H groups in total. The minimum atomic E-state index is -1.30. The van der Waals surface area contributed by atoms with Crippen LogP contribution in [0.15, 0.2) is 95.5 Å².